The van der Waals surface area contributed by atoms with Gasteiger partial charge in [-0.15, -0.1) is 0 Å². The van der Waals surface area contributed by atoms with Crippen LogP contribution in [0.4, 0.5) is 0 Å². The van der Waals surface area contributed by atoms with Crippen molar-refractivity contribution in [2.75, 3.05) is 13.1 Å². The highest BCUT2D eigenvalue weighted by Gasteiger charge is 2.39. The number of nitrogens with one attached hydrogen (secondary N) is 3. The minimum absolute atomic E-state index is 0.0481. The van der Waals surface area contributed by atoms with Crippen LogP contribution in [-0.2, 0) is 11.2 Å². The SMILES string of the molecule is O=C(CCCc1cn[nH]c1)N[C@H]1C[C@H]2CNC[C@H]2C[C@@H]1O. The van der Waals surface area contributed by atoms with Crippen molar-refractivity contribution in [1.82, 2.24) is 20.8 Å². The standard InChI is InChI=1S/C15H24N4O2/c20-14-5-12-9-16-8-11(12)4-13(14)19-15(21)3-1-2-10-6-17-18-7-10/h6-7,11-14,16,20H,1-5,8-9H2,(H,17,18)(H,19,21)/t11-,12+,13-,14-/m0/s1. The molecule has 4 atom stereocenters. The number of aryl methyl sites for hydroxylation is 1. The van der Waals surface area contributed by atoms with Crippen molar-refractivity contribution in [2.45, 2.75) is 44.2 Å². The van der Waals surface area contributed by atoms with Gasteiger partial charge in [-0.3, -0.25) is 9.89 Å². The van der Waals surface area contributed by atoms with E-state index in [4.69, 9.17) is 0 Å². The van der Waals surface area contributed by atoms with Crippen molar-refractivity contribution < 1.29 is 9.90 Å². The molecule has 3 rings (SSSR count). The van der Waals surface area contributed by atoms with E-state index in [-0.39, 0.29) is 11.9 Å². The second-order valence-electron chi connectivity index (χ2n) is 6.35. The number of aliphatic hydroxyl groups is 1. The number of aromatic nitrogens is 2. The third-order valence-electron chi connectivity index (χ3n) is 4.82. The molecule has 0 unspecified atom stereocenters. The summed E-state index contributed by atoms with van der Waals surface area (Å²) >= 11 is 0. The molecule has 1 aromatic rings. The van der Waals surface area contributed by atoms with Gasteiger partial charge in [0.2, 0.25) is 5.91 Å². The molecule has 21 heavy (non-hydrogen) atoms. The summed E-state index contributed by atoms with van der Waals surface area (Å²) in [5.74, 6) is 1.23. The lowest BCUT2D eigenvalue weighted by Crippen LogP contribution is -2.49. The zero-order valence-corrected chi connectivity index (χ0v) is 12.2. The van der Waals surface area contributed by atoms with E-state index < -0.39 is 6.10 Å². The molecule has 0 bridgehead atoms. The van der Waals surface area contributed by atoms with Crippen LogP contribution >= 0.6 is 0 Å². The van der Waals surface area contributed by atoms with Gasteiger partial charge in [0.1, 0.15) is 0 Å². The Hall–Kier alpha value is -1.40. The summed E-state index contributed by atoms with van der Waals surface area (Å²) in [6.07, 6.45) is 7.11. The number of hydrogen-bond donors (Lipinski definition) is 4. The highest BCUT2D eigenvalue weighted by Crippen LogP contribution is 2.32. The largest absolute Gasteiger partial charge is 0.391 e. The Bertz CT molecular complexity index is 462. The van der Waals surface area contributed by atoms with Crippen molar-refractivity contribution >= 4 is 5.91 Å². The Morgan fingerprint density at radius 2 is 2.19 bits per heavy atom. The van der Waals surface area contributed by atoms with E-state index in [9.17, 15) is 9.90 Å². The van der Waals surface area contributed by atoms with Crippen LogP contribution in [0, 0.1) is 11.8 Å². The first-order valence-corrected chi connectivity index (χ1v) is 7.88. The van der Waals surface area contributed by atoms with Gasteiger partial charge in [-0.2, -0.15) is 5.10 Å². The average Bonchev–Trinajstić information content (AvgIpc) is 3.10. The normalized spacial score (nSPS) is 31.9. The third-order valence-corrected chi connectivity index (χ3v) is 4.82. The average molecular weight is 292 g/mol. The maximum atomic E-state index is 12.0. The van der Waals surface area contributed by atoms with E-state index in [1.54, 1.807) is 6.20 Å². The van der Waals surface area contributed by atoms with Crippen molar-refractivity contribution in [3.63, 3.8) is 0 Å². The number of carbonyl (C=O) groups is 1. The van der Waals surface area contributed by atoms with Gasteiger partial charge in [-0.1, -0.05) is 0 Å². The Balaban J connectivity index is 1.41. The molecule has 0 radical (unpaired) electrons. The molecular formula is C15H24N4O2. The monoisotopic (exact) mass is 292 g/mol. The summed E-state index contributed by atoms with van der Waals surface area (Å²) in [6, 6.07) is -0.0763. The van der Waals surface area contributed by atoms with Crippen LogP contribution in [0.15, 0.2) is 12.4 Å². The zero-order chi connectivity index (χ0) is 14.7. The Morgan fingerprint density at radius 1 is 1.38 bits per heavy atom. The smallest absolute Gasteiger partial charge is 0.220 e. The lowest BCUT2D eigenvalue weighted by Gasteiger charge is -2.35. The molecule has 4 N–H and O–H groups in total. The van der Waals surface area contributed by atoms with E-state index in [1.165, 1.54) is 0 Å². The van der Waals surface area contributed by atoms with Gasteiger partial charge in [0.25, 0.3) is 0 Å². The quantitative estimate of drug-likeness (QED) is 0.624. The van der Waals surface area contributed by atoms with Crippen molar-refractivity contribution in [3.8, 4) is 0 Å². The Morgan fingerprint density at radius 3 is 2.95 bits per heavy atom. The molecule has 6 heteroatoms. The number of H-pyrrole nitrogens is 1. The first-order valence-electron chi connectivity index (χ1n) is 7.88. The highest BCUT2D eigenvalue weighted by atomic mass is 16.3. The predicted octanol–water partition coefficient (Wildman–Crippen LogP) is 0.208. The lowest BCUT2D eigenvalue weighted by atomic mass is 9.77. The number of aliphatic hydroxyl groups excluding tert-OH is 1. The van der Waals surface area contributed by atoms with Crippen LogP contribution in [-0.4, -0.2) is 46.4 Å². The van der Waals surface area contributed by atoms with Crippen LogP contribution in [0.5, 0.6) is 0 Å². The minimum Gasteiger partial charge on any atom is -0.391 e. The van der Waals surface area contributed by atoms with Crippen LogP contribution in [0.3, 0.4) is 0 Å². The van der Waals surface area contributed by atoms with Crippen LogP contribution in [0.25, 0.3) is 0 Å². The molecule has 0 aromatic carbocycles. The predicted molar refractivity (Wildman–Crippen MR) is 78.5 cm³/mol. The Labute approximate surface area is 124 Å². The Kier molecular flexibility index (Phi) is 4.55. The molecule has 1 aliphatic carbocycles. The van der Waals surface area contributed by atoms with Crippen molar-refractivity contribution in [1.29, 1.82) is 0 Å². The molecule has 6 nitrogen and oxygen atoms in total. The van der Waals surface area contributed by atoms with Crippen molar-refractivity contribution in [3.05, 3.63) is 18.0 Å². The number of amides is 1. The summed E-state index contributed by atoms with van der Waals surface area (Å²) in [6.45, 7) is 2.03. The summed E-state index contributed by atoms with van der Waals surface area (Å²) in [4.78, 5) is 12.0. The number of rotatable bonds is 5. The second kappa shape index (κ2) is 6.58. The minimum atomic E-state index is -0.399. The topological polar surface area (TPSA) is 90.0 Å². The third kappa shape index (κ3) is 3.63. The lowest BCUT2D eigenvalue weighted by molar-refractivity contribution is -0.123. The summed E-state index contributed by atoms with van der Waals surface area (Å²) in [5.41, 5.74) is 1.13. The van der Waals surface area contributed by atoms with E-state index in [1.807, 2.05) is 6.20 Å². The summed E-state index contributed by atoms with van der Waals surface area (Å²) < 4.78 is 0. The number of nitrogens with zero attached hydrogens (tertiary/aromatic N) is 1. The first kappa shape index (κ1) is 14.5. The van der Waals surface area contributed by atoms with Gasteiger partial charge in [0.15, 0.2) is 0 Å². The highest BCUT2D eigenvalue weighted by molar-refractivity contribution is 5.76. The number of carbonyl (C=O) groups excluding carboxylic acids is 1. The number of aromatic amines is 1. The van der Waals surface area contributed by atoms with Gasteiger partial charge in [-0.05, 0) is 56.2 Å². The molecule has 2 fully saturated rings. The van der Waals surface area contributed by atoms with Gasteiger partial charge in [-0.25, -0.2) is 0 Å². The van der Waals surface area contributed by atoms with Gasteiger partial charge in [0.05, 0.1) is 18.3 Å². The second-order valence-corrected chi connectivity index (χ2v) is 6.35. The fourth-order valence-electron chi connectivity index (χ4n) is 3.60. The maximum Gasteiger partial charge on any atom is 0.220 e. The number of hydrogen-bond acceptors (Lipinski definition) is 4. The molecular weight excluding hydrogens is 268 g/mol. The van der Waals surface area contributed by atoms with Crippen molar-refractivity contribution in [2.24, 2.45) is 11.8 Å². The fourth-order valence-corrected chi connectivity index (χ4v) is 3.60. The molecule has 2 aliphatic rings. The van der Waals surface area contributed by atoms with Gasteiger partial charge in [0, 0.05) is 12.6 Å². The van der Waals surface area contributed by atoms with Crippen LogP contribution < -0.4 is 10.6 Å². The van der Waals surface area contributed by atoms with Crippen LogP contribution in [0.1, 0.15) is 31.2 Å². The van der Waals surface area contributed by atoms with E-state index >= 15 is 0 Å². The van der Waals surface area contributed by atoms with E-state index in [2.05, 4.69) is 20.8 Å². The fraction of sp³-hybridized carbons (Fsp3) is 0.733. The molecule has 0 spiro atoms. The number of fused-ring (bicyclic) bond motifs is 1. The molecule has 116 valence electrons. The molecule has 1 saturated carbocycles. The van der Waals surface area contributed by atoms with Crippen LogP contribution in [0.2, 0.25) is 0 Å². The molecule has 1 saturated heterocycles. The molecule has 2 heterocycles. The first-order chi connectivity index (χ1) is 10.2. The van der Waals surface area contributed by atoms with E-state index in [0.717, 1.165) is 44.3 Å². The molecule has 1 aliphatic heterocycles. The summed E-state index contributed by atoms with van der Waals surface area (Å²) in [7, 11) is 0. The van der Waals surface area contributed by atoms with E-state index in [0.29, 0.717) is 18.3 Å². The van der Waals surface area contributed by atoms with Gasteiger partial charge < -0.3 is 15.7 Å². The molecule has 1 amide bonds. The maximum absolute atomic E-state index is 12.0. The van der Waals surface area contributed by atoms with Gasteiger partial charge >= 0.3 is 0 Å². The molecule has 1 aromatic heterocycles. The zero-order valence-electron chi connectivity index (χ0n) is 12.2. The summed E-state index contributed by atoms with van der Waals surface area (Å²) in [5, 5.41) is 23.2.